The van der Waals surface area contributed by atoms with Crippen LogP contribution in [0.1, 0.15) is 32.3 Å². The summed E-state index contributed by atoms with van der Waals surface area (Å²) in [4.78, 5) is 17.3. The van der Waals surface area contributed by atoms with Crippen LogP contribution in [0.3, 0.4) is 0 Å². The van der Waals surface area contributed by atoms with Crippen LogP contribution in [0.5, 0.6) is 0 Å². The highest BCUT2D eigenvalue weighted by atomic mass is 79.9. The molecular formula is C18H18BrF3N2O2. The highest BCUT2D eigenvalue weighted by molar-refractivity contribution is 9.10. The van der Waals surface area contributed by atoms with E-state index in [1.165, 1.54) is 13.0 Å². The Morgan fingerprint density at radius 1 is 1.35 bits per heavy atom. The molecule has 1 aromatic heterocycles. The minimum Gasteiger partial charge on any atom is -0.464 e. The van der Waals surface area contributed by atoms with Gasteiger partial charge in [0.15, 0.2) is 0 Å². The van der Waals surface area contributed by atoms with E-state index in [1.807, 2.05) is 11.8 Å². The number of esters is 1. The molecule has 8 heteroatoms. The first-order valence-electron chi connectivity index (χ1n) is 8.26. The van der Waals surface area contributed by atoms with Crippen molar-refractivity contribution in [2.75, 3.05) is 11.5 Å². The maximum Gasteiger partial charge on any atom is 0.417 e. The molecule has 140 valence electrons. The first-order valence-corrected chi connectivity index (χ1v) is 9.05. The van der Waals surface area contributed by atoms with E-state index in [2.05, 4.69) is 20.9 Å². The van der Waals surface area contributed by atoms with Gasteiger partial charge in [-0.3, -0.25) is 4.79 Å². The standard InChI is InChI=1S/C18H18BrF3N2O2/c1-10-3-4-13(9-26-11(2)25)24(10)12-5-6-16-14(7-12)15(18(20,21)22)8-17(19)23-16/h5-8,10,13H,3-4,9H2,1-2H3/t10-,13-/m1/s1. The summed E-state index contributed by atoms with van der Waals surface area (Å²) in [5, 5.41) is 0.0588. The summed E-state index contributed by atoms with van der Waals surface area (Å²) in [6.07, 6.45) is -2.78. The molecule has 0 N–H and O–H groups in total. The molecular weight excluding hydrogens is 413 g/mol. The van der Waals surface area contributed by atoms with Gasteiger partial charge in [0.1, 0.15) is 11.2 Å². The first kappa shape index (κ1) is 18.9. The third-order valence-electron chi connectivity index (χ3n) is 4.63. The molecule has 1 aliphatic rings. The van der Waals surface area contributed by atoms with Gasteiger partial charge in [0.05, 0.1) is 17.1 Å². The van der Waals surface area contributed by atoms with Crippen LogP contribution in [0.15, 0.2) is 28.9 Å². The molecule has 2 heterocycles. The second-order valence-corrected chi connectivity index (χ2v) is 7.29. The largest absolute Gasteiger partial charge is 0.464 e. The predicted molar refractivity (Wildman–Crippen MR) is 96.0 cm³/mol. The Morgan fingerprint density at radius 3 is 2.73 bits per heavy atom. The number of nitrogens with zero attached hydrogens (tertiary/aromatic N) is 2. The van der Waals surface area contributed by atoms with Crippen molar-refractivity contribution in [3.05, 3.63) is 34.4 Å². The number of alkyl halides is 3. The number of ether oxygens (including phenoxy) is 1. The van der Waals surface area contributed by atoms with Gasteiger partial charge in [0.25, 0.3) is 0 Å². The molecule has 0 unspecified atom stereocenters. The third kappa shape index (κ3) is 3.79. The van der Waals surface area contributed by atoms with Gasteiger partial charge < -0.3 is 9.64 Å². The van der Waals surface area contributed by atoms with Crippen molar-refractivity contribution in [3.8, 4) is 0 Å². The molecule has 1 aliphatic heterocycles. The number of pyridine rings is 1. The zero-order valence-corrected chi connectivity index (χ0v) is 15.9. The number of halogens is 4. The molecule has 4 nitrogen and oxygen atoms in total. The fraction of sp³-hybridized carbons (Fsp3) is 0.444. The lowest BCUT2D eigenvalue weighted by molar-refractivity contribution is -0.141. The lowest BCUT2D eigenvalue weighted by atomic mass is 10.1. The number of carbonyl (C=O) groups excluding carboxylic acids is 1. The summed E-state index contributed by atoms with van der Waals surface area (Å²) in [6, 6.07) is 5.98. The fourth-order valence-electron chi connectivity index (χ4n) is 3.49. The Kier molecular flexibility index (Phi) is 5.14. The number of aromatic nitrogens is 1. The summed E-state index contributed by atoms with van der Waals surface area (Å²) < 4.78 is 45.6. The number of carbonyl (C=O) groups is 1. The Morgan fingerprint density at radius 2 is 2.08 bits per heavy atom. The highest BCUT2D eigenvalue weighted by Crippen LogP contribution is 2.39. The predicted octanol–water partition coefficient (Wildman–Crippen LogP) is 4.94. The van der Waals surface area contributed by atoms with Crippen molar-refractivity contribution in [1.29, 1.82) is 0 Å². The van der Waals surface area contributed by atoms with Crippen LogP contribution in [0.25, 0.3) is 10.9 Å². The summed E-state index contributed by atoms with van der Waals surface area (Å²) in [7, 11) is 0. The van der Waals surface area contributed by atoms with Crippen LogP contribution in [-0.2, 0) is 15.7 Å². The number of anilines is 1. The van der Waals surface area contributed by atoms with Crippen molar-refractivity contribution < 1.29 is 22.7 Å². The number of benzene rings is 1. The first-order chi connectivity index (χ1) is 12.2. The molecule has 2 atom stereocenters. The zero-order valence-electron chi connectivity index (χ0n) is 14.3. The zero-order chi connectivity index (χ0) is 19.1. The van der Waals surface area contributed by atoms with Gasteiger partial charge in [-0.1, -0.05) is 0 Å². The lowest BCUT2D eigenvalue weighted by Crippen LogP contribution is -2.37. The van der Waals surface area contributed by atoms with Gasteiger partial charge in [0, 0.05) is 24.0 Å². The van der Waals surface area contributed by atoms with Gasteiger partial charge in [-0.25, -0.2) is 4.98 Å². The van der Waals surface area contributed by atoms with E-state index < -0.39 is 11.7 Å². The van der Waals surface area contributed by atoms with E-state index in [9.17, 15) is 18.0 Å². The van der Waals surface area contributed by atoms with E-state index in [-0.39, 0.29) is 40.2 Å². The average molecular weight is 431 g/mol. The van der Waals surface area contributed by atoms with Crippen molar-refractivity contribution in [3.63, 3.8) is 0 Å². The van der Waals surface area contributed by atoms with Gasteiger partial charge in [-0.05, 0) is 60.0 Å². The van der Waals surface area contributed by atoms with Gasteiger partial charge in [0.2, 0.25) is 0 Å². The van der Waals surface area contributed by atoms with Crippen LogP contribution in [0.4, 0.5) is 18.9 Å². The topological polar surface area (TPSA) is 42.4 Å². The SMILES string of the molecule is CC(=O)OC[C@H]1CC[C@@H](C)N1c1ccc2nc(Br)cc(C(F)(F)F)c2c1. The fourth-order valence-corrected chi connectivity index (χ4v) is 3.91. The van der Waals surface area contributed by atoms with E-state index in [0.717, 1.165) is 18.9 Å². The lowest BCUT2D eigenvalue weighted by Gasteiger charge is -2.31. The highest BCUT2D eigenvalue weighted by Gasteiger charge is 2.35. The molecule has 26 heavy (non-hydrogen) atoms. The second kappa shape index (κ2) is 7.06. The molecule has 2 aromatic rings. The molecule has 3 rings (SSSR count). The van der Waals surface area contributed by atoms with Crippen molar-refractivity contribution in [1.82, 2.24) is 4.98 Å². The number of hydrogen-bond acceptors (Lipinski definition) is 4. The summed E-state index contributed by atoms with van der Waals surface area (Å²) in [5.41, 5.74) is 0.229. The maximum atomic E-state index is 13.5. The number of rotatable bonds is 3. The van der Waals surface area contributed by atoms with Crippen LogP contribution < -0.4 is 4.90 Å². The molecule has 1 saturated heterocycles. The molecule has 0 spiro atoms. The Labute approximate surface area is 157 Å². The van der Waals surface area contributed by atoms with Gasteiger partial charge in [-0.2, -0.15) is 13.2 Å². The molecule has 0 bridgehead atoms. The van der Waals surface area contributed by atoms with E-state index in [1.54, 1.807) is 12.1 Å². The van der Waals surface area contributed by atoms with Crippen molar-refractivity contribution in [2.24, 2.45) is 0 Å². The van der Waals surface area contributed by atoms with E-state index in [4.69, 9.17) is 4.74 Å². The molecule has 0 aliphatic carbocycles. The molecule has 1 aromatic carbocycles. The third-order valence-corrected chi connectivity index (χ3v) is 5.04. The second-order valence-electron chi connectivity index (χ2n) is 6.48. The average Bonchev–Trinajstić information content (AvgIpc) is 2.91. The van der Waals surface area contributed by atoms with E-state index in [0.29, 0.717) is 5.69 Å². The molecule has 1 fully saturated rings. The Hall–Kier alpha value is -1.83. The van der Waals surface area contributed by atoms with Crippen LogP contribution >= 0.6 is 15.9 Å². The van der Waals surface area contributed by atoms with Crippen molar-refractivity contribution in [2.45, 2.75) is 44.9 Å². The maximum absolute atomic E-state index is 13.5. The Balaban J connectivity index is 2.04. The monoisotopic (exact) mass is 430 g/mol. The number of fused-ring (bicyclic) bond motifs is 1. The molecule has 0 amide bonds. The van der Waals surface area contributed by atoms with Crippen LogP contribution in [-0.4, -0.2) is 29.6 Å². The summed E-state index contributed by atoms with van der Waals surface area (Å²) in [6.45, 7) is 3.59. The summed E-state index contributed by atoms with van der Waals surface area (Å²) in [5.74, 6) is -0.364. The molecule has 0 radical (unpaired) electrons. The quantitative estimate of drug-likeness (QED) is 0.510. The van der Waals surface area contributed by atoms with Crippen LogP contribution in [0, 0.1) is 0 Å². The normalized spacial score (nSPS) is 20.6. The van der Waals surface area contributed by atoms with E-state index >= 15 is 0 Å². The molecule has 0 saturated carbocycles. The minimum atomic E-state index is -4.48. The smallest absolute Gasteiger partial charge is 0.417 e. The number of hydrogen-bond donors (Lipinski definition) is 0. The van der Waals surface area contributed by atoms with Gasteiger partial charge >= 0.3 is 12.1 Å². The minimum absolute atomic E-state index is 0.0518. The van der Waals surface area contributed by atoms with Crippen molar-refractivity contribution >= 4 is 38.5 Å². The Bertz CT molecular complexity index is 841. The van der Waals surface area contributed by atoms with Crippen LogP contribution in [0.2, 0.25) is 0 Å². The van der Waals surface area contributed by atoms with Gasteiger partial charge in [-0.15, -0.1) is 0 Å². The summed E-state index contributed by atoms with van der Waals surface area (Å²) >= 11 is 3.04.